The van der Waals surface area contributed by atoms with Crippen molar-refractivity contribution in [2.75, 3.05) is 19.0 Å². The van der Waals surface area contributed by atoms with Crippen LogP contribution >= 0.6 is 0 Å². The summed E-state index contributed by atoms with van der Waals surface area (Å²) in [5.74, 6) is 0.490. The lowest BCUT2D eigenvalue weighted by atomic mass is 10.3. The summed E-state index contributed by atoms with van der Waals surface area (Å²) in [5.41, 5.74) is 1.01. The molecule has 1 rings (SSSR count). The van der Waals surface area contributed by atoms with Gasteiger partial charge in [-0.25, -0.2) is 0 Å². The van der Waals surface area contributed by atoms with Crippen LogP contribution in [0.15, 0.2) is 6.07 Å². The first-order valence-corrected chi connectivity index (χ1v) is 4.59. The summed E-state index contributed by atoms with van der Waals surface area (Å²) >= 11 is 0. The van der Waals surface area contributed by atoms with Gasteiger partial charge in [0.05, 0.1) is 13.0 Å². The number of H-pyrrole nitrogens is 1. The average Bonchev–Trinajstić information content (AvgIpc) is 2.62. The van der Waals surface area contributed by atoms with Crippen LogP contribution in [0.3, 0.4) is 0 Å². The number of aryl methyl sites for hydroxylation is 1. The number of nitrogens with one attached hydrogen (secondary N) is 2. The van der Waals surface area contributed by atoms with Gasteiger partial charge in [0.1, 0.15) is 0 Å². The number of carbonyl (C=O) groups excluding carboxylic acids is 1. The summed E-state index contributed by atoms with van der Waals surface area (Å²) in [6.45, 7) is 2.45. The van der Waals surface area contributed by atoms with Crippen LogP contribution in [0.25, 0.3) is 0 Å². The zero-order chi connectivity index (χ0) is 10.4. The summed E-state index contributed by atoms with van der Waals surface area (Å²) < 4.78 is 4.79. The van der Waals surface area contributed by atoms with E-state index in [2.05, 4.69) is 15.5 Å². The van der Waals surface area contributed by atoms with Crippen molar-refractivity contribution in [1.82, 2.24) is 10.2 Å². The molecule has 0 aliphatic rings. The first kappa shape index (κ1) is 10.7. The Morgan fingerprint density at radius 2 is 2.50 bits per heavy atom. The van der Waals surface area contributed by atoms with Crippen molar-refractivity contribution in [2.24, 2.45) is 0 Å². The normalized spacial score (nSPS) is 10.1. The Labute approximate surface area is 82.8 Å². The van der Waals surface area contributed by atoms with Gasteiger partial charge >= 0.3 is 0 Å². The Morgan fingerprint density at radius 3 is 3.07 bits per heavy atom. The largest absolute Gasteiger partial charge is 0.384 e. The van der Waals surface area contributed by atoms with E-state index in [4.69, 9.17) is 4.74 Å². The van der Waals surface area contributed by atoms with Crippen molar-refractivity contribution in [3.8, 4) is 0 Å². The molecule has 1 amide bonds. The minimum Gasteiger partial charge on any atom is -0.384 e. The van der Waals surface area contributed by atoms with Crippen LogP contribution in [-0.2, 0) is 16.0 Å². The minimum atomic E-state index is -0.0824. The third-order valence-corrected chi connectivity index (χ3v) is 1.81. The second-order valence-corrected chi connectivity index (χ2v) is 2.92. The molecule has 0 radical (unpaired) electrons. The van der Waals surface area contributed by atoms with E-state index in [1.54, 1.807) is 7.11 Å². The van der Waals surface area contributed by atoms with Crippen LogP contribution in [0.1, 0.15) is 19.0 Å². The predicted octanol–water partition coefficient (Wildman–Crippen LogP) is 0.947. The number of rotatable bonds is 5. The van der Waals surface area contributed by atoms with Gasteiger partial charge in [0.2, 0.25) is 5.91 Å². The second-order valence-electron chi connectivity index (χ2n) is 2.92. The highest BCUT2D eigenvalue weighted by atomic mass is 16.5. The molecule has 78 valence electrons. The van der Waals surface area contributed by atoms with Crippen LogP contribution in [0.5, 0.6) is 0 Å². The second kappa shape index (κ2) is 5.39. The topological polar surface area (TPSA) is 67.0 Å². The van der Waals surface area contributed by atoms with Gasteiger partial charge in [0.25, 0.3) is 0 Å². The maximum Gasteiger partial charge on any atom is 0.227 e. The van der Waals surface area contributed by atoms with Crippen LogP contribution in [0.4, 0.5) is 5.82 Å². The summed E-state index contributed by atoms with van der Waals surface area (Å²) in [5, 5.41) is 9.43. The SMILES string of the molecule is CCc1cc(NC(=O)CCOC)n[nH]1. The molecule has 0 saturated carbocycles. The molecule has 1 aromatic rings. The van der Waals surface area contributed by atoms with Crippen LogP contribution < -0.4 is 5.32 Å². The van der Waals surface area contributed by atoms with E-state index in [1.165, 1.54) is 0 Å². The van der Waals surface area contributed by atoms with Crippen molar-refractivity contribution >= 4 is 11.7 Å². The van der Waals surface area contributed by atoms with E-state index in [0.29, 0.717) is 18.8 Å². The molecule has 0 unspecified atom stereocenters. The zero-order valence-electron chi connectivity index (χ0n) is 8.46. The molecule has 0 saturated heterocycles. The number of carbonyl (C=O) groups is 1. The maximum absolute atomic E-state index is 11.2. The fourth-order valence-corrected chi connectivity index (χ4v) is 1.01. The van der Waals surface area contributed by atoms with Crippen molar-refractivity contribution < 1.29 is 9.53 Å². The number of amides is 1. The van der Waals surface area contributed by atoms with E-state index >= 15 is 0 Å². The summed E-state index contributed by atoms with van der Waals surface area (Å²) in [7, 11) is 1.57. The molecule has 14 heavy (non-hydrogen) atoms. The lowest BCUT2D eigenvalue weighted by molar-refractivity contribution is -0.117. The summed E-state index contributed by atoms with van der Waals surface area (Å²) in [4.78, 5) is 11.2. The lowest BCUT2D eigenvalue weighted by Crippen LogP contribution is -2.13. The van der Waals surface area contributed by atoms with Crippen LogP contribution in [0.2, 0.25) is 0 Å². The third kappa shape index (κ3) is 3.18. The van der Waals surface area contributed by atoms with Gasteiger partial charge in [0.15, 0.2) is 5.82 Å². The van der Waals surface area contributed by atoms with Crippen molar-refractivity contribution in [3.05, 3.63) is 11.8 Å². The number of aromatic amines is 1. The highest BCUT2D eigenvalue weighted by Gasteiger charge is 2.04. The molecule has 5 nitrogen and oxygen atoms in total. The molecule has 0 aliphatic carbocycles. The van der Waals surface area contributed by atoms with E-state index in [0.717, 1.165) is 12.1 Å². The molecular weight excluding hydrogens is 182 g/mol. The Morgan fingerprint density at radius 1 is 1.71 bits per heavy atom. The molecule has 1 aromatic heterocycles. The van der Waals surface area contributed by atoms with Gasteiger partial charge in [-0.05, 0) is 6.42 Å². The highest BCUT2D eigenvalue weighted by molar-refractivity contribution is 5.89. The molecule has 0 spiro atoms. The van der Waals surface area contributed by atoms with Gasteiger partial charge in [-0.1, -0.05) is 6.92 Å². The fourth-order valence-electron chi connectivity index (χ4n) is 1.01. The Hall–Kier alpha value is -1.36. The lowest BCUT2D eigenvalue weighted by Gasteiger charge is -1.99. The molecule has 0 bridgehead atoms. The molecule has 2 N–H and O–H groups in total. The molecule has 5 heteroatoms. The molecule has 0 fully saturated rings. The number of ether oxygens (including phenoxy) is 1. The minimum absolute atomic E-state index is 0.0824. The van der Waals surface area contributed by atoms with Gasteiger partial charge in [-0.3, -0.25) is 9.89 Å². The molecular formula is C9H15N3O2. The Balaban J connectivity index is 2.39. The number of hydrogen-bond donors (Lipinski definition) is 2. The molecule has 1 heterocycles. The van der Waals surface area contributed by atoms with Crippen LogP contribution in [-0.4, -0.2) is 29.8 Å². The standard InChI is InChI=1S/C9H15N3O2/c1-3-7-6-8(12-11-7)10-9(13)4-5-14-2/h6H,3-5H2,1-2H3,(H2,10,11,12,13). The van der Waals surface area contributed by atoms with E-state index in [1.807, 2.05) is 13.0 Å². The van der Waals surface area contributed by atoms with Gasteiger partial charge in [-0.2, -0.15) is 5.10 Å². The summed E-state index contributed by atoms with van der Waals surface area (Å²) in [6.07, 6.45) is 1.23. The number of methoxy groups -OCH3 is 1. The number of anilines is 1. The average molecular weight is 197 g/mol. The highest BCUT2D eigenvalue weighted by Crippen LogP contribution is 2.05. The third-order valence-electron chi connectivity index (χ3n) is 1.81. The number of hydrogen-bond acceptors (Lipinski definition) is 3. The van der Waals surface area contributed by atoms with Crippen LogP contribution in [0, 0.1) is 0 Å². The quantitative estimate of drug-likeness (QED) is 0.738. The first-order valence-electron chi connectivity index (χ1n) is 4.59. The van der Waals surface area contributed by atoms with E-state index in [-0.39, 0.29) is 5.91 Å². The Bertz CT molecular complexity index is 296. The van der Waals surface area contributed by atoms with Crippen molar-refractivity contribution in [2.45, 2.75) is 19.8 Å². The van der Waals surface area contributed by atoms with Crippen molar-refractivity contribution in [3.63, 3.8) is 0 Å². The van der Waals surface area contributed by atoms with E-state index in [9.17, 15) is 4.79 Å². The predicted molar refractivity (Wildman–Crippen MR) is 53.1 cm³/mol. The molecule has 0 aromatic carbocycles. The smallest absolute Gasteiger partial charge is 0.227 e. The fraction of sp³-hybridized carbons (Fsp3) is 0.556. The first-order chi connectivity index (χ1) is 6.76. The maximum atomic E-state index is 11.2. The molecule has 0 atom stereocenters. The van der Waals surface area contributed by atoms with E-state index < -0.39 is 0 Å². The Kier molecular flexibility index (Phi) is 4.12. The summed E-state index contributed by atoms with van der Waals surface area (Å²) in [6, 6.07) is 1.82. The number of aromatic nitrogens is 2. The van der Waals surface area contributed by atoms with Gasteiger partial charge < -0.3 is 10.1 Å². The zero-order valence-corrected chi connectivity index (χ0v) is 8.46. The van der Waals surface area contributed by atoms with Gasteiger partial charge in [-0.15, -0.1) is 0 Å². The number of nitrogens with zero attached hydrogens (tertiary/aromatic N) is 1. The van der Waals surface area contributed by atoms with Gasteiger partial charge in [0, 0.05) is 18.9 Å². The monoisotopic (exact) mass is 197 g/mol. The van der Waals surface area contributed by atoms with Crippen molar-refractivity contribution in [1.29, 1.82) is 0 Å². The molecule has 0 aliphatic heterocycles.